The number of thiazole rings is 1. The Bertz CT molecular complexity index is 858. The molecule has 0 radical (unpaired) electrons. The van der Waals surface area contributed by atoms with Crippen molar-refractivity contribution in [2.45, 2.75) is 50.1 Å². The maximum atomic E-state index is 12.8. The van der Waals surface area contributed by atoms with Crippen molar-refractivity contribution in [1.29, 1.82) is 0 Å². The van der Waals surface area contributed by atoms with Gasteiger partial charge in [-0.25, -0.2) is 13.4 Å². The molecule has 28 heavy (non-hydrogen) atoms. The molecule has 0 bridgehead atoms. The van der Waals surface area contributed by atoms with Crippen LogP contribution >= 0.6 is 23.1 Å². The number of carbonyl (C=O) groups excluding carboxylic acids is 1. The molecule has 0 aliphatic carbocycles. The molecular formula is C19H27N3O3S3. The summed E-state index contributed by atoms with van der Waals surface area (Å²) >= 11 is 3.01. The number of carbonyl (C=O) groups is 1. The Morgan fingerprint density at radius 2 is 1.93 bits per heavy atom. The summed E-state index contributed by atoms with van der Waals surface area (Å²) < 4.78 is 28.2. The number of benzene rings is 1. The average Bonchev–Trinajstić information content (AvgIpc) is 3.16. The Hall–Kier alpha value is -1.42. The summed E-state index contributed by atoms with van der Waals surface area (Å²) in [6.07, 6.45) is 2.33. The molecule has 2 N–H and O–H groups in total. The van der Waals surface area contributed by atoms with Crippen LogP contribution in [0, 0.1) is 0 Å². The third kappa shape index (κ3) is 6.58. The van der Waals surface area contributed by atoms with Crippen molar-refractivity contribution in [3.05, 3.63) is 46.4 Å². The minimum Gasteiger partial charge on any atom is -0.349 e. The van der Waals surface area contributed by atoms with Gasteiger partial charge in [0.15, 0.2) is 0 Å². The molecule has 6 nitrogen and oxygen atoms in total. The zero-order valence-electron chi connectivity index (χ0n) is 16.6. The number of amides is 1. The van der Waals surface area contributed by atoms with E-state index < -0.39 is 16.1 Å². The molecule has 9 heteroatoms. The molecule has 2 rings (SSSR count). The summed E-state index contributed by atoms with van der Waals surface area (Å²) in [5.74, 6) is 0.317. The van der Waals surface area contributed by atoms with Gasteiger partial charge in [-0.15, -0.1) is 11.3 Å². The first kappa shape index (κ1) is 22.9. The van der Waals surface area contributed by atoms with Crippen LogP contribution in [0.5, 0.6) is 0 Å². The van der Waals surface area contributed by atoms with Crippen LogP contribution < -0.4 is 10.0 Å². The molecule has 1 atom stereocenters. The molecule has 1 amide bonds. The second-order valence-electron chi connectivity index (χ2n) is 7.43. The lowest BCUT2D eigenvalue weighted by Crippen LogP contribution is -2.46. The van der Waals surface area contributed by atoms with Crippen LogP contribution in [-0.2, 0) is 26.8 Å². The smallest absolute Gasteiger partial charge is 0.241 e. The van der Waals surface area contributed by atoms with Gasteiger partial charge in [0.2, 0.25) is 15.9 Å². The average molecular weight is 442 g/mol. The van der Waals surface area contributed by atoms with Gasteiger partial charge in [-0.05, 0) is 41.5 Å². The lowest BCUT2D eigenvalue weighted by Gasteiger charge is -2.20. The monoisotopic (exact) mass is 441 g/mol. The van der Waals surface area contributed by atoms with E-state index in [-0.39, 0.29) is 22.8 Å². The van der Waals surface area contributed by atoms with Crippen molar-refractivity contribution in [2.24, 2.45) is 0 Å². The molecule has 0 aliphatic heterocycles. The van der Waals surface area contributed by atoms with Crippen LogP contribution in [0.4, 0.5) is 0 Å². The highest BCUT2D eigenvalue weighted by atomic mass is 32.2. The lowest BCUT2D eigenvalue weighted by atomic mass is 9.87. The van der Waals surface area contributed by atoms with E-state index in [0.29, 0.717) is 12.2 Å². The van der Waals surface area contributed by atoms with E-state index in [1.807, 2.05) is 23.8 Å². The number of sulfonamides is 1. The Labute approximate surface area is 175 Å². The van der Waals surface area contributed by atoms with Gasteiger partial charge in [-0.2, -0.15) is 16.5 Å². The SMILES string of the molecule is CSCC[C@H](NS(=O)(=O)c1ccc(C(C)(C)C)cc1)C(=O)NCc1cscn1. The quantitative estimate of drug-likeness (QED) is 0.624. The van der Waals surface area contributed by atoms with Crippen molar-refractivity contribution in [1.82, 2.24) is 15.0 Å². The maximum absolute atomic E-state index is 12.8. The van der Waals surface area contributed by atoms with Gasteiger partial charge in [-0.3, -0.25) is 4.79 Å². The van der Waals surface area contributed by atoms with Crippen molar-refractivity contribution in [2.75, 3.05) is 12.0 Å². The second kappa shape index (κ2) is 9.87. The van der Waals surface area contributed by atoms with Gasteiger partial charge >= 0.3 is 0 Å². The van der Waals surface area contributed by atoms with Crippen LogP contribution in [0.15, 0.2) is 40.1 Å². The summed E-state index contributed by atoms with van der Waals surface area (Å²) in [4.78, 5) is 16.8. The van der Waals surface area contributed by atoms with Gasteiger partial charge in [0.1, 0.15) is 6.04 Å². The number of nitrogens with one attached hydrogen (secondary N) is 2. The molecule has 154 valence electrons. The summed E-state index contributed by atoms with van der Waals surface area (Å²) in [5.41, 5.74) is 3.43. The standard InChI is InChI=1S/C19H27N3O3S3/c1-19(2,3)14-5-7-16(8-6-14)28(24,25)22-17(9-10-26-4)18(23)20-11-15-12-27-13-21-15/h5-8,12-13,17,22H,9-11H2,1-4H3,(H,20,23)/t17-/m0/s1. The first-order valence-electron chi connectivity index (χ1n) is 8.90. The Morgan fingerprint density at radius 1 is 1.25 bits per heavy atom. The number of rotatable bonds is 9. The van der Waals surface area contributed by atoms with Crippen molar-refractivity contribution in [3.63, 3.8) is 0 Å². The summed E-state index contributed by atoms with van der Waals surface area (Å²) in [6, 6.07) is 5.96. The molecule has 1 aromatic carbocycles. The minimum atomic E-state index is -3.80. The molecule has 0 unspecified atom stereocenters. The number of nitrogens with zero attached hydrogens (tertiary/aromatic N) is 1. The minimum absolute atomic E-state index is 0.0633. The fourth-order valence-electron chi connectivity index (χ4n) is 2.49. The van der Waals surface area contributed by atoms with Crippen LogP contribution in [0.1, 0.15) is 38.4 Å². The zero-order chi connectivity index (χ0) is 20.8. The number of hydrogen-bond acceptors (Lipinski definition) is 6. The molecule has 0 fully saturated rings. The third-order valence-corrected chi connectivity index (χ3v) is 6.95. The van der Waals surface area contributed by atoms with E-state index in [9.17, 15) is 13.2 Å². The number of aromatic nitrogens is 1. The van der Waals surface area contributed by atoms with E-state index in [2.05, 4.69) is 35.8 Å². The summed E-state index contributed by atoms with van der Waals surface area (Å²) in [6.45, 7) is 6.49. The Morgan fingerprint density at radius 3 is 2.46 bits per heavy atom. The first-order chi connectivity index (χ1) is 13.1. The summed E-state index contributed by atoms with van der Waals surface area (Å²) in [7, 11) is -3.80. The van der Waals surface area contributed by atoms with Crippen molar-refractivity contribution in [3.8, 4) is 0 Å². The van der Waals surface area contributed by atoms with E-state index in [0.717, 1.165) is 11.3 Å². The molecule has 0 aliphatic rings. The van der Waals surface area contributed by atoms with E-state index in [1.165, 1.54) is 11.3 Å². The predicted octanol–water partition coefficient (Wildman–Crippen LogP) is 3.16. The van der Waals surface area contributed by atoms with Crippen LogP contribution in [0.2, 0.25) is 0 Å². The van der Waals surface area contributed by atoms with E-state index in [4.69, 9.17) is 0 Å². The van der Waals surface area contributed by atoms with Crippen LogP contribution in [-0.4, -0.2) is 37.4 Å². The largest absolute Gasteiger partial charge is 0.349 e. The fourth-order valence-corrected chi connectivity index (χ4v) is 4.75. The van der Waals surface area contributed by atoms with Crippen molar-refractivity contribution >= 4 is 39.0 Å². The van der Waals surface area contributed by atoms with Crippen molar-refractivity contribution < 1.29 is 13.2 Å². The van der Waals surface area contributed by atoms with Gasteiger partial charge in [0, 0.05) is 5.38 Å². The Kier molecular flexibility index (Phi) is 8.06. The molecule has 0 saturated carbocycles. The van der Waals surface area contributed by atoms with Gasteiger partial charge in [0.25, 0.3) is 0 Å². The molecule has 0 spiro atoms. The van der Waals surface area contributed by atoms with Gasteiger partial charge < -0.3 is 5.32 Å². The topological polar surface area (TPSA) is 88.2 Å². The zero-order valence-corrected chi connectivity index (χ0v) is 19.0. The van der Waals surface area contributed by atoms with E-state index >= 15 is 0 Å². The highest BCUT2D eigenvalue weighted by Crippen LogP contribution is 2.23. The highest BCUT2D eigenvalue weighted by molar-refractivity contribution is 7.98. The lowest BCUT2D eigenvalue weighted by molar-refractivity contribution is -0.122. The number of hydrogen-bond donors (Lipinski definition) is 2. The Balaban J connectivity index is 2.11. The molecule has 0 saturated heterocycles. The molecule has 1 aromatic heterocycles. The highest BCUT2D eigenvalue weighted by Gasteiger charge is 2.26. The first-order valence-corrected chi connectivity index (χ1v) is 12.7. The van der Waals surface area contributed by atoms with E-state index in [1.54, 1.807) is 29.4 Å². The normalized spacial score (nSPS) is 13.3. The maximum Gasteiger partial charge on any atom is 0.241 e. The second-order valence-corrected chi connectivity index (χ2v) is 10.8. The summed E-state index contributed by atoms with van der Waals surface area (Å²) in [5, 5.41) is 4.61. The molecule has 2 aromatic rings. The van der Waals surface area contributed by atoms with Gasteiger partial charge in [0.05, 0.1) is 22.6 Å². The third-order valence-electron chi connectivity index (χ3n) is 4.18. The molecule has 1 heterocycles. The fraction of sp³-hybridized carbons (Fsp3) is 0.474. The number of thioether (sulfide) groups is 1. The molecular weight excluding hydrogens is 414 g/mol. The predicted molar refractivity (Wildman–Crippen MR) is 116 cm³/mol. The van der Waals surface area contributed by atoms with Gasteiger partial charge in [-0.1, -0.05) is 32.9 Å². The van der Waals surface area contributed by atoms with Crippen LogP contribution in [0.3, 0.4) is 0 Å². The van der Waals surface area contributed by atoms with Crippen LogP contribution in [0.25, 0.3) is 0 Å².